The number of alkyl halides is 12. The molecule has 0 aromatic rings. The molecule has 0 radical (unpaired) electrons. The third-order valence-corrected chi connectivity index (χ3v) is 17.5. The van der Waals surface area contributed by atoms with E-state index in [4.69, 9.17) is 0 Å². The molecule has 0 fully saturated rings. The Balaban J connectivity index is 5.54. The molecule has 0 amide bonds. The Labute approximate surface area is 108 Å². The van der Waals surface area contributed by atoms with E-state index in [0.29, 0.717) is 0 Å². The van der Waals surface area contributed by atoms with Gasteiger partial charge in [0, 0.05) is 16.5 Å². The summed E-state index contributed by atoms with van der Waals surface area (Å²) in [7, 11) is -16.2. The lowest BCUT2D eigenvalue weighted by atomic mass is 11.6. The first kappa shape index (κ1) is 20.9. The second kappa shape index (κ2) is 6.55. The molecule has 4 unspecified atom stereocenters. The topological polar surface area (TPSA) is 0 Å². The molecule has 16 heteroatoms. The Bertz CT molecular complexity index is 277. The molecule has 0 aliphatic rings. The Morgan fingerprint density at radius 1 is 0.450 bits per heavy atom. The van der Waals surface area contributed by atoms with E-state index in [0.717, 1.165) is 0 Å². The van der Waals surface area contributed by atoms with Crippen molar-refractivity contribution in [1.29, 1.82) is 0 Å². The van der Waals surface area contributed by atoms with Crippen molar-refractivity contribution >= 4 is 31.1 Å². The van der Waals surface area contributed by atoms with Crippen molar-refractivity contribution in [2.45, 2.75) is 23.7 Å². The lowest BCUT2D eigenvalue weighted by molar-refractivity contribution is -0.0482. The van der Waals surface area contributed by atoms with Gasteiger partial charge in [-0.15, -0.1) is 0 Å². The third-order valence-electron chi connectivity index (χ3n) is 1.15. The summed E-state index contributed by atoms with van der Waals surface area (Å²) in [6, 6.07) is 0. The molecule has 0 nitrogen and oxygen atoms in total. The molecular weight excluding hydrogens is 400 g/mol. The fourth-order valence-electron chi connectivity index (χ4n) is 0.694. The molecule has 122 valence electrons. The highest BCUT2D eigenvalue weighted by atomic mass is 32.6. The zero-order valence-electron chi connectivity index (χ0n) is 8.43. The number of hydrogen-bond donors (Lipinski definition) is 0. The molecule has 0 spiro atoms. The lowest BCUT2D eigenvalue weighted by Gasteiger charge is -2.31. The zero-order chi connectivity index (χ0) is 16.6. The summed E-state index contributed by atoms with van der Waals surface area (Å²) in [6.45, 7) is 0. The minimum atomic E-state index is -5.96. The van der Waals surface area contributed by atoms with E-state index in [1.54, 1.807) is 0 Å². The minimum Gasteiger partial charge on any atom is -0.167 e. The van der Waals surface area contributed by atoms with Crippen LogP contribution in [0.25, 0.3) is 0 Å². The standard InChI is InChI=1S/C4H2F12P4/c5-1(6,7)17-19(3(11,12)13)20(4(14,15)16)18-2(8,9)10/h17-18H. The van der Waals surface area contributed by atoms with Gasteiger partial charge in [-0.25, -0.2) is 0 Å². The quantitative estimate of drug-likeness (QED) is 0.348. The fourth-order valence-corrected chi connectivity index (χ4v) is 14.8. The highest BCUT2D eigenvalue weighted by Crippen LogP contribution is 2.99. The molecule has 0 bridgehead atoms. The Morgan fingerprint density at radius 2 is 0.650 bits per heavy atom. The summed E-state index contributed by atoms with van der Waals surface area (Å²) in [5, 5.41) is 0. The number of rotatable bonds is 3. The minimum absolute atomic E-state index is 3.22. The fraction of sp³-hybridized carbons (Fsp3) is 1.00. The van der Waals surface area contributed by atoms with Crippen molar-refractivity contribution in [2.75, 3.05) is 0 Å². The van der Waals surface area contributed by atoms with Gasteiger partial charge >= 0.3 is 23.7 Å². The second-order valence-corrected chi connectivity index (χ2v) is 15.3. The molecule has 0 aromatic carbocycles. The maximum absolute atomic E-state index is 12.3. The van der Waals surface area contributed by atoms with Crippen molar-refractivity contribution in [2.24, 2.45) is 0 Å². The second-order valence-electron chi connectivity index (χ2n) is 2.78. The van der Waals surface area contributed by atoms with E-state index in [-0.39, 0.29) is 0 Å². The van der Waals surface area contributed by atoms with Crippen molar-refractivity contribution < 1.29 is 52.7 Å². The summed E-state index contributed by atoms with van der Waals surface area (Å²) >= 11 is 0. The van der Waals surface area contributed by atoms with Gasteiger partial charge in [0.2, 0.25) is 0 Å². The molecular formula is C4H2F12P4. The summed E-state index contributed by atoms with van der Waals surface area (Å²) in [6.07, 6.45) is 0. The Kier molecular flexibility index (Phi) is 6.84. The predicted octanol–water partition coefficient (Wildman–Crippen LogP) is 7.13. The number of hydrogen-bond acceptors (Lipinski definition) is 0. The van der Waals surface area contributed by atoms with E-state index >= 15 is 0 Å². The van der Waals surface area contributed by atoms with Crippen molar-refractivity contribution in [3.63, 3.8) is 0 Å². The maximum Gasteiger partial charge on any atom is 0.413 e. The molecule has 0 saturated carbocycles. The first-order valence-electron chi connectivity index (χ1n) is 3.86. The van der Waals surface area contributed by atoms with E-state index in [1.807, 2.05) is 0 Å². The molecule has 0 aliphatic carbocycles. The van der Waals surface area contributed by atoms with Gasteiger partial charge in [0.25, 0.3) is 0 Å². The highest BCUT2D eigenvalue weighted by Gasteiger charge is 2.61. The van der Waals surface area contributed by atoms with Crippen LogP contribution >= 0.6 is 31.1 Å². The van der Waals surface area contributed by atoms with Gasteiger partial charge in [-0.05, 0) is 0 Å². The van der Waals surface area contributed by atoms with Crippen LogP contribution in [0.5, 0.6) is 0 Å². The zero-order valence-corrected chi connectivity index (χ0v) is 12.2. The summed E-state index contributed by atoms with van der Waals surface area (Å²) in [4.78, 5) is 0. The van der Waals surface area contributed by atoms with Crippen molar-refractivity contribution in [3.8, 4) is 0 Å². The van der Waals surface area contributed by atoms with E-state index in [9.17, 15) is 52.7 Å². The Hall–Kier alpha value is 0.880. The van der Waals surface area contributed by atoms with E-state index in [1.165, 1.54) is 0 Å². The highest BCUT2D eigenvalue weighted by molar-refractivity contribution is 8.72. The smallest absolute Gasteiger partial charge is 0.167 e. The molecule has 0 aliphatic heterocycles. The van der Waals surface area contributed by atoms with Crippen LogP contribution in [0.1, 0.15) is 0 Å². The number of halogens is 12. The van der Waals surface area contributed by atoms with E-state index < -0.39 is 54.8 Å². The van der Waals surface area contributed by atoms with Gasteiger partial charge in [-0.3, -0.25) is 0 Å². The average Bonchev–Trinajstić information content (AvgIpc) is 2.04. The molecule has 0 saturated heterocycles. The predicted molar refractivity (Wildman–Crippen MR) is 54.7 cm³/mol. The van der Waals surface area contributed by atoms with Crippen LogP contribution in [0.15, 0.2) is 0 Å². The van der Waals surface area contributed by atoms with Gasteiger partial charge < -0.3 is 0 Å². The molecule has 4 atom stereocenters. The monoisotopic (exact) mass is 402 g/mol. The van der Waals surface area contributed by atoms with Gasteiger partial charge in [0.1, 0.15) is 0 Å². The SMILES string of the molecule is FC(F)(F)PP(P(PC(F)(F)F)C(F)(F)F)C(F)(F)F. The third kappa shape index (κ3) is 8.35. The first-order valence-corrected chi connectivity index (χ1v) is 10.9. The van der Waals surface area contributed by atoms with Crippen LogP contribution in [-0.2, 0) is 0 Å². The lowest BCUT2D eigenvalue weighted by Crippen LogP contribution is -2.12. The summed E-state index contributed by atoms with van der Waals surface area (Å²) in [5.74, 6) is -23.1. The van der Waals surface area contributed by atoms with Crippen LogP contribution in [0.4, 0.5) is 52.7 Å². The van der Waals surface area contributed by atoms with Crippen LogP contribution in [0.2, 0.25) is 0 Å². The maximum atomic E-state index is 12.3. The van der Waals surface area contributed by atoms with Gasteiger partial charge in [0.05, 0.1) is 14.6 Å². The van der Waals surface area contributed by atoms with Gasteiger partial charge in [-0.1, -0.05) is 0 Å². The average molecular weight is 402 g/mol. The van der Waals surface area contributed by atoms with Crippen molar-refractivity contribution in [3.05, 3.63) is 0 Å². The molecule has 0 rings (SSSR count). The normalized spacial score (nSPS) is 19.2. The van der Waals surface area contributed by atoms with Gasteiger partial charge in [0.15, 0.2) is 0 Å². The van der Waals surface area contributed by atoms with Crippen molar-refractivity contribution in [1.82, 2.24) is 0 Å². The summed E-state index contributed by atoms with van der Waals surface area (Å²) < 4.78 is 145. The molecule has 20 heavy (non-hydrogen) atoms. The Morgan fingerprint density at radius 3 is 0.750 bits per heavy atom. The van der Waals surface area contributed by atoms with Crippen LogP contribution in [0.3, 0.4) is 0 Å². The summed E-state index contributed by atoms with van der Waals surface area (Å²) in [5.41, 5.74) is 0. The molecule has 0 N–H and O–H groups in total. The molecule has 0 heterocycles. The van der Waals surface area contributed by atoms with Gasteiger partial charge in [-0.2, -0.15) is 52.7 Å². The van der Waals surface area contributed by atoms with Crippen LogP contribution < -0.4 is 0 Å². The van der Waals surface area contributed by atoms with E-state index in [2.05, 4.69) is 0 Å². The van der Waals surface area contributed by atoms with Crippen LogP contribution in [-0.4, -0.2) is 23.7 Å². The molecule has 0 aromatic heterocycles. The first-order chi connectivity index (χ1) is 8.43. The largest absolute Gasteiger partial charge is 0.413 e. The van der Waals surface area contributed by atoms with Crippen LogP contribution in [0, 0.1) is 0 Å².